The molecule has 1 unspecified atom stereocenters. The molecule has 0 saturated heterocycles. The van der Waals surface area contributed by atoms with E-state index in [0.717, 1.165) is 28.1 Å². The molecule has 0 aliphatic carbocycles. The molecule has 0 spiro atoms. The average Bonchev–Trinajstić information content (AvgIpc) is 2.38. The normalized spacial score (nSPS) is 12.2. The Bertz CT molecular complexity index is 540. The highest BCUT2D eigenvalue weighted by Crippen LogP contribution is 2.31. The number of ether oxygens (including phenoxy) is 1. The summed E-state index contributed by atoms with van der Waals surface area (Å²) in [7, 11) is 1.66. The van der Waals surface area contributed by atoms with Crippen molar-refractivity contribution in [2.75, 3.05) is 7.11 Å². The third kappa shape index (κ3) is 2.33. The van der Waals surface area contributed by atoms with Crippen LogP contribution < -0.4 is 10.5 Å². The van der Waals surface area contributed by atoms with Gasteiger partial charge in [-0.2, -0.15) is 0 Å². The Labute approximate surface area is 107 Å². The van der Waals surface area contributed by atoms with Gasteiger partial charge in [0.05, 0.1) is 18.8 Å². The second kappa shape index (κ2) is 5.14. The third-order valence-electron chi connectivity index (χ3n) is 2.95. The molecule has 0 bridgehead atoms. The van der Waals surface area contributed by atoms with Crippen LogP contribution in [0.15, 0.2) is 30.7 Å². The minimum Gasteiger partial charge on any atom is -0.496 e. The van der Waals surface area contributed by atoms with E-state index in [9.17, 15) is 0 Å². The summed E-state index contributed by atoms with van der Waals surface area (Å²) in [6.45, 7) is 4.07. The van der Waals surface area contributed by atoms with Crippen LogP contribution in [0.4, 0.5) is 0 Å². The molecular formula is C14H17N3O. The van der Waals surface area contributed by atoms with Gasteiger partial charge in [0.15, 0.2) is 0 Å². The van der Waals surface area contributed by atoms with Crippen molar-refractivity contribution >= 4 is 0 Å². The molecule has 0 aliphatic rings. The monoisotopic (exact) mass is 243 g/mol. The van der Waals surface area contributed by atoms with Crippen molar-refractivity contribution in [3.63, 3.8) is 0 Å². The molecule has 0 aliphatic heterocycles. The van der Waals surface area contributed by atoms with E-state index in [1.807, 2.05) is 26.0 Å². The van der Waals surface area contributed by atoms with Crippen LogP contribution in [0.2, 0.25) is 0 Å². The average molecular weight is 243 g/mol. The van der Waals surface area contributed by atoms with Crippen LogP contribution in [-0.4, -0.2) is 17.1 Å². The molecule has 2 N–H and O–H groups in total. The number of benzene rings is 1. The van der Waals surface area contributed by atoms with Crippen LogP contribution in [0.3, 0.4) is 0 Å². The van der Waals surface area contributed by atoms with Gasteiger partial charge in [-0.3, -0.25) is 0 Å². The van der Waals surface area contributed by atoms with E-state index >= 15 is 0 Å². The van der Waals surface area contributed by atoms with E-state index in [2.05, 4.69) is 16.0 Å². The summed E-state index contributed by atoms with van der Waals surface area (Å²) in [6.07, 6.45) is 3.20. The van der Waals surface area contributed by atoms with Crippen LogP contribution in [-0.2, 0) is 0 Å². The molecule has 2 rings (SSSR count). The summed E-state index contributed by atoms with van der Waals surface area (Å²) in [4.78, 5) is 8.10. The van der Waals surface area contributed by atoms with E-state index in [0.29, 0.717) is 0 Å². The highest BCUT2D eigenvalue weighted by Gasteiger charge is 2.18. The second-order valence-electron chi connectivity index (χ2n) is 4.31. The molecule has 18 heavy (non-hydrogen) atoms. The van der Waals surface area contributed by atoms with Gasteiger partial charge < -0.3 is 10.5 Å². The molecule has 94 valence electrons. The molecule has 1 aromatic heterocycles. The first-order valence-electron chi connectivity index (χ1n) is 5.80. The molecule has 4 nitrogen and oxygen atoms in total. The van der Waals surface area contributed by atoms with Crippen molar-refractivity contribution in [2.45, 2.75) is 19.9 Å². The van der Waals surface area contributed by atoms with Gasteiger partial charge in [-0.25, -0.2) is 9.97 Å². The van der Waals surface area contributed by atoms with E-state index in [-0.39, 0.29) is 6.04 Å². The number of nitrogens with zero attached hydrogens (tertiary/aromatic N) is 2. The molecule has 0 fully saturated rings. The molecule has 1 heterocycles. The van der Waals surface area contributed by atoms with E-state index in [4.69, 9.17) is 10.5 Å². The first-order chi connectivity index (χ1) is 8.63. The largest absolute Gasteiger partial charge is 0.496 e. The maximum absolute atomic E-state index is 6.27. The van der Waals surface area contributed by atoms with Gasteiger partial charge in [0.1, 0.15) is 12.1 Å². The van der Waals surface area contributed by atoms with Crippen molar-refractivity contribution in [2.24, 2.45) is 5.73 Å². The zero-order chi connectivity index (χ0) is 13.1. The smallest absolute Gasteiger partial charge is 0.124 e. The first kappa shape index (κ1) is 12.5. The molecule has 1 atom stereocenters. The van der Waals surface area contributed by atoms with Crippen LogP contribution >= 0.6 is 0 Å². The lowest BCUT2D eigenvalue weighted by atomic mass is 9.96. The standard InChI is InChI=1S/C14H17N3O/c1-9-6-10(2)13(12(7-9)18-3)14(15)11-4-5-16-8-17-11/h4-8,14H,15H2,1-3H3. The number of aryl methyl sites for hydroxylation is 2. The quantitative estimate of drug-likeness (QED) is 0.897. The lowest BCUT2D eigenvalue weighted by Gasteiger charge is -2.18. The van der Waals surface area contributed by atoms with Gasteiger partial charge >= 0.3 is 0 Å². The molecule has 0 amide bonds. The summed E-state index contributed by atoms with van der Waals surface area (Å²) in [5.41, 5.74) is 10.3. The lowest BCUT2D eigenvalue weighted by molar-refractivity contribution is 0.406. The lowest BCUT2D eigenvalue weighted by Crippen LogP contribution is -2.16. The van der Waals surface area contributed by atoms with Crippen molar-refractivity contribution in [3.05, 3.63) is 53.1 Å². The summed E-state index contributed by atoms with van der Waals surface area (Å²) < 4.78 is 5.43. The summed E-state index contributed by atoms with van der Waals surface area (Å²) >= 11 is 0. The van der Waals surface area contributed by atoms with E-state index in [1.165, 1.54) is 6.33 Å². The van der Waals surface area contributed by atoms with Gasteiger partial charge in [0.25, 0.3) is 0 Å². The molecule has 4 heteroatoms. The zero-order valence-electron chi connectivity index (χ0n) is 10.8. The van der Waals surface area contributed by atoms with Crippen molar-refractivity contribution < 1.29 is 4.74 Å². The number of nitrogens with two attached hydrogens (primary N) is 1. The molecular weight excluding hydrogens is 226 g/mol. The van der Waals surface area contributed by atoms with Crippen molar-refractivity contribution in [1.82, 2.24) is 9.97 Å². The Kier molecular flexibility index (Phi) is 3.58. The Morgan fingerprint density at radius 2 is 2.06 bits per heavy atom. The van der Waals surface area contributed by atoms with Gasteiger partial charge in [0.2, 0.25) is 0 Å². The van der Waals surface area contributed by atoms with Crippen LogP contribution in [0.1, 0.15) is 28.4 Å². The SMILES string of the molecule is COc1cc(C)cc(C)c1C(N)c1ccncn1. The predicted octanol–water partition coefficient (Wildman–Crippen LogP) is 2.15. The van der Waals surface area contributed by atoms with Gasteiger partial charge in [-0.05, 0) is 37.1 Å². The predicted molar refractivity (Wildman–Crippen MR) is 70.5 cm³/mol. The minimum absolute atomic E-state index is 0.302. The third-order valence-corrected chi connectivity index (χ3v) is 2.95. The molecule has 1 aromatic carbocycles. The van der Waals surface area contributed by atoms with Crippen LogP contribution in [0, 0.1) is 13.8 Å². The molecule has 0 saturated carbocycles. The van der Waals surface area contributed by atoms with E-state index in [1.54, 1.807) is 13.3 Å². The second-order valence-corrected chi connectivity index (χ2v) is 4.31. The summed E-state index contributed by atoms with van der Waals surface area (Å²) in [5.74, 6) is 0.804. The number of rotatable bonds is 3. The Morgan fingerprint density at radius 3 is 2.67 bits per heavy atom. The van der Waals surface area contributed by atoms with Crippen molar-refractivity contribution in [3.8, 4) is 5.75 Å². The Balaban J connectivity index is 2.51. The van der Waals surface area contributed by atoms with E-state index < -0.39 is 0 Å². The number of hydrogen-bond acceptors (Lipinski definition) is 4. The fourth-order valence-corrected chi connectivity index (χ4v) is 2.14. The minimum atomic E-state index is -0.302. The van der Waals surface area contributed by atoms with Gasteiger partial charge in [0, 0.05) is 11.8 Å². The summed E-state index contributed by atoms with van der Waals surface area (Å²) in [5, 5.41) is 0. The number of hydrogen-bond donors (Lipinski definition) is 1. The maximum Gasteiger partial charge on any atom is 0.124 e. The van der Waals surface area contributed by atoms with Crippen LogP contribution in [0.5, 0.6) is 5.75 Å². The van der Waals surface area contributed by atoms with Gasteiger partial charge in [-0.1, -0.05) is 6.07 Å². The molecule has 2 aromatic rings. The fraction of sp³-hybridized carbons (Fsp3) is 0.286. The first-order valence-corrected chi connectivity index (χ1v) is 5.80. The molecule has 0 radical (unpaired) electrons. The Hall–Kier alpha value is -1.94. The number of methoxy groups -OCH3 is 1. The number of aromatic nitrogens is 2. The summed E-state index contributed by atoms with van der Waals surface area (Å²) in [6, 6.07) is 5.61. The fourth-order valence-electron chi connectivity index (χ4n) is 2.14. The highest BCUT2D eigenvalue weighted by atomic mass is 16.5. The topological polar surface area (TPSA) is 61.0 Å². The van der Waals surface area contributed by atoms with Gasteiger partial charge in [-0.15, -0.1) is 0 Å². The Morgan fingerprint density at radius 1 is 1.28 bits per heavy atom. The zero-order valence-corrected chi connectivity index (χ0v) is 10.8. The van der Waals surface area contributed by atoms with Crippen LogP contribution in [0.25, 0.3) is 0 Å². The van der Waals surface area contributed by atoms with Crippen molar-refractivity contribution in [1.29, 1.82) is 0 Å². The highest BCUT2D eigenvalue weighted by molar-refractivity contribution is 5.47. The maximum atomic E-state index is 6.27.